The molecule has 1 aliphatic heterocycles. The molecule has 1 saturated heterocycles. The van der Waals surface area contributed by atoms with Crippen molar-refractivity contribution in [2.24, 2.45) is 5.92 Å². The minimum atomic E-state index is -0.321. The molecule has 0 aromatic rings. The second-order valence-electron chi connectivity index (χ2n) is 4.81. The Balaban J connectivity index is 2.53. The van der Waals surface area contributed by atoms with Gasteiger partial charge in [0, 0.05) is 26.1 Å². The maximum Gasteiger partial charge on any atom is 0.239 e. The van der Waals surface area contributed by atoms with E-state index in [2.05, 4.69) is 10.6 Å². The number of hydrogen-bond acceptors (Lipinski definition) is 3. The van der Waals surface area contributed by atoms with Crippen LogP contribution in [0.15, 0.2) is 0 Å². The van der Waals surface area contributed by atoms with Crippen molar-refractivity contribution < 1.29 is 14.4 Å². The average Bonchev–Trinajstić information content (AvgIpc) is 2.81. The molecule has 0 aromatic carbocycles. The third kappa shape index (κ3) is 4.89. The molecule has 6 nitrogen and oxygen atoms in total. The van der Waals surface area contributed by atoms with E-state index in [1.807, 2.05) is 13.8 Å². The maximum absolute atomic E-state index is 12.2. The lowest BCUT2D eigenvalue weighted by Gasteiger charge is -2.24. The van der Waals surface area contributed by atoms with Crippen molar-refractivity contribution in [3.05, 3.63) is 0 Å². The lowest BCUT2D eigenvalue weighted by Crippen LogP contribution is -2.44. The van der Waals surface area contributed by atoms with Crippen LogP contribution in [0.25, 0.3) is 0 Å². The summed E-state index contributed by atoms with van der Waals surface area (Å²) in [7, 11) is 0. The van der Waals surface area contributed by atoms with Gasteiger partial charge in [0.2, 0.25) is 17.7 Å². The second-order valence-corrected chi connectivity index (χ2v) is 4.81. The van der Waals surface area contributed by atoms with Gasteiger partial charge in [-0.3, -0.25) is 14.4 Å². The SMILES string of the molecule is CCCNC(=O)CN(CCC)C(=O)C1CNC(=O)C1. The third-order valence-electron chi connectivity index (χ3n) is 3.04. The lowest BCUT2D eigenvalue weighted by molar-refractivity contribution is -0.139. The number of amides is 3. The molecule has 1 heterocycles. The molecule has 0 spiro atoms. The fourth-order valence-corrected chi connectivity index (χ4v) is 2.07. The first-order chi connectivity index (χ1) is 9.08. The zero-order valence-corrected chi connectivity index (χ0v) is 11.7. The van der Waals surface area contributed by atoms with Crippen LogP contribution in [-0.4, -0.2) is 48.8 Å². The molecule has 1 unspecified atom stereocenters. The molecule has 0 bridgehead atoms. The summed E-state index contributed by atoms with van der Waals surface area (Å²) in [5.74, 6) is -0.656. The molecule has 1 rings (SSSR count). The number of nitrogens with zero attached hydrogens (tertiary/aromatic N) is 1. The monoisotopic (exact) mass is 269 g/mol. The molecule has 1 aliphatic rings. The predicted octanol–water partition coefficient (Wildman–Crippen LogP) is -0.113. The van der Waals surface area contributed by atoms with Crippen LogP contribution in [0.3, 0.4) is 0 Å². The summed E-state index contributed by atoms with van der Waals surface area (Å²) in [6.45, 7) is 5.57. The van der Waals surface area contributed by atoms with Gasteiger partial charge in [0.25, 0.3) is 0 Å². The van der Waals surface area contributed by atoms with E-state index >= 15 is 0 Å². The highest BCUT2D eigenvalue weighted by Gasteiger charge is 2.31. The number of nitrogens with one attached hydrogen (secondary N) is 2. The molecule has 3 amide bonds. The van der Waals surface area contributed by atoms with Crippen molar-refractivity contribution in [2.45, 2.75) is 33.1 Å². The Kier molecular flexibility index (Phi) is 6.32. The van der Waals surface area contributed by atoms with Crippen molar-refractivity contribution in [1.29, 1.82) is 0 Å². The highest BCUT2D eigenvalue weighted by Crippen LogP contribution is 2.13. The highest BCUT2D eigenvalue weighted by atomic mass is 16.2. The molecule has 0 radical (unpaired) electrons. The summed E-state index contributed by atoms with van der Waals surface area (Å²) < 4.78 is 0. The van der Waals surface area contributed by atoms with Crippen LogP contribution in [-0.2, 0) is 14.4 Å². The smallest absolute Gasteiger partial charge is 0.239 e. The normalized spacial score (nSPS) is 18.0. The van der Waals surface area contributed by atoms with E-state index in [9.17, 15) is 14.4 Å². The molecular weight excluding hydrogens is 246 g/mol. The Morgan fingerprint density at radius 3 is 2.63 bits per heavy atom. The molecule has 1 fully saturated rings. The fourth-order valence-electron chi connectivity index (χ4n) is 2.07. The molecule has 6 heteroatoms. The van der Waals surface area contributed by atoms with Crippen LogP contribution in [0.2, 0.25) is 0 Å². The summed E-state index contributed by atoms with van der Waals surface area (Å²) in [6, 6.07) is 0. The van der Waals surface area contributed by atoms with Gasteiger partial charge in [-0.25, -0.2) is 0 Å². The number of rotatable bonds is 7. The van der Waals surface area contributed by atoms with Gasteiger partial charge in [-0.05, 0) is 12.8 Å². The van der Waals surface area contributed by atoms with Gasteiger partial charge < -0.3 is 15.5 Å². The minimum absolute atomic E-state index is 0.0807. The van der Waals surface area contributed by atoms with Gasteiger partial charge in [-0.15, -0.1) is 0 Å². The van der Waals surface area contributed by atoms with E-state index in [1.54, 1.807) is 4.90 Å². The van der Waals surface area contributed by atoms with Gasteiger partial charge in [0.1, 0.15) is 0 Å². The van der Waals surface area contributed by atoms with Crippen LogP contribution in [0.1, 0.15) is 33.1 Å². The molecule has 0 aliphatic carbocycles. The topological polar surface area (TPSA) is 78.5 Å². The fraction of sp³-hybridized carbons (Fsp3) is 0.769. The third-order valence-corrected chi connectivity index (χ3v) is 3.04. The summed E-state index contributed by atoms with van der Waals surface area (Å²) >= 11 is 0. The summed E-state index contributed by atoms with van der Waals surface area (Å²) in [5.41, 5.74) is 0. The average molecular weight is 269 g/mol. The summed E-state index contributed by atoms with van der Waals surface area (Å²) in [6.07, 6.45) is 1.89. The molecule has 2 N–H and O–H groups in total. The quantitative estimate of drug-likeness (QED) is 0.677. The van der Waals surface area contributed by atoms with E-state index in [0.717, 1.165) is 12.8 Å². The van der Waals surface area contributed by atoms with Crippen LogP contribution in [0.5, 0.6) is 0 Å². The van der Waals surface area contributed by atoms with Crippen LogP contribution in [0.4, 0.5) is 0 Å². The minimum Gasteiger partial charge on any atom is -0.355 e. The molecule has 0 saturated carbocycles. The Hall–Kier alpha value is -1.59. The standard InChI is InChI=1S/C13H23N3O3/c1-3-5-14-12(18)9-16(6-4-2)13(19)10-7-11(17)15-8-10/h10H,3-9H2,1-2H3,(H,14,18)(H,15,17). The van der Waals surface area contributed by atoms with Gasteiger partial charge >= 0.3 is 0 Å². The lowest BCUT2D eigenvalue weighted by atomic mass is 10.1. The Morgan fingerprint density at radius 1 is 1.37 bits per heavy atom. The summed E-state index contributed by atoms with van der Waals surface area (Å²) in [5, 5.41) is 5.41. The largest absolute Gasteiger partial charge is 0.355 e. The van der Waals surface area contributed by atoms with Gasteiger partial charge in [-0.2, -0.15) is 0 Å². The van der Waals surface area contributed by atoms with Crippen molar-refractivity contribution in [3.63, 3.8) is 0 Å². The molecule has 0 aromatic heterocycles. The maximum atomic E-state index is 12.2. The number of carbonyl (C=O) groups is 3. The van der Waals surface area contributed by atoms with Crippen molar-refractivity contribution in [2.75, 3.05) is 26.2 Å². The van der Waals surface area contributed by atoms with Crippen molar-refractivity contribution in [3.8, 4) is 0 Å². The molecule has 1 atom stereocenters. The van der Waals surface area contributed by atoms with Crippen molar-refractivity contribution >= 4 is 17.7 Å². The van der Waals surface area contributed by atoms with Gasteiger partial charge in [0.05, 0.1) is 12.5 Å². The van der Waals surface area contributed by atoms with E-state index in [-0.39, 0.29) is 36.6 Å². The summed E-state index contributed by atoms with van der Waals surface area (Å²) in [4.78, 5) is 36.6. The first-order valence-electron chi connectivity index (χ1n) is 6.90. The van der Waals surface area contributed by atoms with Crippen molar-refractivity contribution in [1.82, 2.24) is 15.5 Å². The Labute approximate surface area is 113 Å². The van der Waals surface area contributed by atoms with Gasteiger partial charge in [-0.1, -0.05) is 13.8 Å². The molecular formula is C13H23N3O3. The van der Waals surface area contributed by atoms with E-state index in [1.165, 1.54) is 0 Å². The Bertz CT molecular complexity index is 344. The zero-order valence-electron chi connectivity index (χ0n) is 11.7. The van der Waals surface area contributed by atoms with E-state index in [4.69, 9.17) is 0 Å². The highest BCUT2D eigenvalue weighted by molar-refractivity contribution is 5.91. The Morgan fingerprint density at radius 2 is 2.11 bits per heavy atom. The number of hydrogen-bond donors (Lipinski definition) is 2. The second kappa shape index (κ2) is 7.76. The first kappa shape index (κ1) is 15.5. The first-order valence-corrected chi connectivity index (χ1v) is 6.90. The van der Waals surface area contributed by atoms with E-state index < -0.39 is 0 Å². The zero-order chi connectivity index (χ0) is 14.3. The van der Waals surface area contributed by atoms with Crippen LogP contribution >= 0.6 is 0 Å². The van der Waals surface area contributed by atoms with Crippen LogP contribution < -0.4 is 10.6 Å². The van der Waals surface area contributed by atoms with Crippen LogP contribution in [0, 0.1) is 5.92 Å². The molecule has 108 valence electrons. The van der Waals surface area contributed by atoms with E-state index in [0.29, 0.717) is 19.6 Å². The van der Waals surface area contributed by atoms with Gasteiger partial charge in [0.15, 0.2) is 0 Å². The predicted molar refractivity (Wildman–Crippen MR) is 71.3 cm³/mol. The molecule has 19 heavy (non-hydrogen) atoms. The number of carbonyl (C=O) groups excluding carboxylic acids is 3.